The summed E-state index contributed by atoms with van der Waals surface area (Å²) >= 11 is 1.36. The van der Waals surface area contributed by atoms with Crippen molar-refractivity contribution in [2.24, 2.45) is 0 Å². The van der Waals surface area contributed by atoms with Crippen LogP contribution in [0.5, 0.6) is 0 Å². The molecule has 4 nitrogen and oxygen atoms in total. The smallest absolute Gasteiger partial charge is 0.349 e. The molecule has 2 aromatic carbocycles. The fourth-order valence-corrected chi connectivity index (χ4v) is 3.49. The summed E-state index contributed by atoms with van der Waals surface area (Å²) in [5.74, 6) is -0.828. The predicted molar refractivity (Wildman–Crippen MR) is 101 cm³/mol. The van der Waals surface area contributed by atoms with E-state index in [-0.39, 0.29) is 5.91 Å². The molecule has 128 valence electrons. The van der Waals surface area contributed by atoms with Gasteiger partial charge in [-0.05, 0) is 49.9 Å². The van der Waals surface area contributed by atoms with E-state index in [0.717, 1.165) is 26.9 Å². The van der Waals surface area contributed by atoms with Crippen LogP contribution in [0.15, 0.2) is 48.5 Å². The normalized spacial score (nSPS) is 12.0. The molecule has 5 heteroatoms. The topological polar surface area (TPSA) is 55.4 Å². The fourth-order valence-electron chi connectivity index (χ4n) is 2.54. The van der Waals surface area contributed by atoms with Gasteiger partial charge >= 0.3 is 5.97 Å². The van der Waals surface area contributed by atoms with E-state index in [4.69, 9.17) is 4.74 Å². The Bertz CT molecular complexity index is 912. The third kappa shape index (κ3) is 3.88. The number of hydrogen-bond acceptors (Lipinski definition) is 4. The number of rotatable bonds is 4. The average molecular weight is 353 g/mol. The number of ether oxygens (including phenoxy) is 1. The summed E-state index contributed by atoms with van der Waals surface area (Å²) in [6, 6.07) is 15.3. The van der Waals surface area contributed by atoms with E-state index >= 15 is 0 Å². The van der Waals surface area contributed by atoms with Crippen LogP contribution in [0.3, 0.4) is 0 Å². The van der Waals surface area contributed by atoms with Gasteiger partial charge in [-0.25, -0.2) is 4.79 Å². The molecule has 0 aliphatic rings. The molecule has 0 radical (unpaired) electrons. The minimum absolute atomic E-state index is 0.346. The number of aryl methyl sites for hydroxylation is 2. The van der Waals surface area contributed by atoms with Crippen molar-refractivity contribution in [3.63, 3.8) is 0 Å². The van der Waals surface area contributed by atoms with Gasteiger partial charge in [0.15, 0.2) is 6.10 Å². The zero-order valence-corrected chi connectivity index (χ0v) is 15.1. The number of benzene rings is 2. The highest BCUT2D eigenvalue weighted by Crippen LogP contribution is 2.26. The van der Waals surface area contributed by atoms with Gasteiger partial charge in [0, 0.05) is 10.4 Å². The van der Waals surface area contributed by atoms with Crippen LogP contribution < -0.4 is 5.32 Å². The van der Waals surface area contributed by atoms with Gasteiger partial charge in [0.2, 0.25) is 0 Å². The summed E-state index contributed by atoms with van der Waals surface area (Å²) in [6.45, 7) is 5.49. The Morgan fingerprint density at radius 3 is 2.56 bits per heavy atom. The molecule has 1 amide bonds. The lowest BCUT2D eigenvalue weighted by molar-refractivity contribution is -0.123. The Hall–Kier alpha value is -2.66. The van der Waals surface area contributed by atoms with Crippen LogP contribution in [0, 0.1) is 13.8 Å². The maximum absolute atomic E-state index is 12.3. The third-order valence-electron chi connectivity index (χ3n) is 3.92. The van der Waals surface area contributed by atoms with E-state index in [9.17, 15) is 9.59 Å². The molecule has 1 aromatic heterocycles. The number of carbonyl (C=O) groups is 2. The summed E-state index contributed by atoms with van der Waals surface area (Å²) in [7, 11) is 0. The van der Waals surface area contributed by atoms with Gasteiger partial charge in [-0.15, -0.1) is 11.3 Å². The number of hydrogen-bond donors (Lipinski definition) is 1. The van der Waals surface area contributed by atoms with E-state index in [2.05, 4.69) is 5.32 Å². The van der Waals surface area contributed by atoms with Crippen LogP contribution in [0.25, 0.3) is 10.1 Å². The first kappa shape index (κ1) is 17.2. The maximum atomic E-state index is 12.3. The Balaban J connectivity index is 1.67. The first-order chi connectivity index (χ1) is 11.9. The number of nitrogens with one attached hydrogen (secondary N) is 1. The van der Waals surface area contributed by atoms with Gasteiger partial charge in [-0.1, -0.05) is 35.9 Å². The van der Waals surface area contributed by atoms with E-state index < -0.39 is 12.1 Å². The van der Waals surface area contributed by atoms with Gasteiger partial charge < -0.3 is 10.1 Å². The molecular weight excluding hydrogens is 334 g/mol. The number of anilines is 1. The molecule has 1 atom stereocenters. The summed E-state index contributed by atoms with van der Waals surface area (Å²) in [6.07, 6.45) is -0.876. The number of fused-ring (bicyclic) bond motifs is 1. The van der Waals surface area contributed by atoms with Crippen molar-refractivity contribution in [1.82, 2.24) is 0 Å². The zero-order valence-electron chi connectivity index (χ0n) is 14.3. The highest BCUT2D eigenvalue weighted by Gasteiger charge is 2.21. The van der Waals surface area contributed by atoms with E-state index in [0.29, 0.717) is 4.88 Å². The van der Waals surface area contributed by atoms with Crippen LogP contribution in [0.1, 0.15) is 27.7 Å². The van der Waals surface area contributed by atoms with E-state index in [1.807, 2.05) is 56.3 Å². The molecule has 0 aliphatic heterocycles. The van der Waals surface area contributed by atoms with Gasteiger partial charge in [-0.2, -0.15) is 0 Å². The van der Waals surface area contributed by atoms with Crippen LogP contribution in [0.2, 0.25) is 0 Å². The van der Waals surface area contributed by atoms with Crippen LogP contribution in [0.4, 0.5) is 5.69 Å². The minimum Gasteiger partial charge on any atom is -0.448 e. The van der Waals surface area contributed by atoms with Crippen molar-refractivity contribution >= 4 is 39.0 Å². The molecule has 0 fully saturated rings. The average Bonchev–Trinajstić information content (AvgIpc) is 3.01. The first-order valence-electron chi connectivity index (χ1n) is 8.02. The molecule has 3 rings (SSSR count). The quantitative estimate of drug-likeness (QED) is 0.692. The lowest BCUT2D eigenvalue weighted by Gasteiger charge is -2.14. The second kappa shape index (κ2) is 7.07. The summed E-state index contributed by atoms with van der Waals surface area (Å²) in [4.78, 5) is 25.1. The Morgan fingerprint density at radius 2 is 1.84 bits per heavy atom. The second-order valence-corrected chi connectivity index (χ2v) is 7.09. The van der Waals surface area contributed by atoms with Crippen LogP contribution in [-0.2, 0) is 9.53 Å². The van der Waals surface area contributed by atoms with Gasteiger partial charge in [0.05, 0.1) is 0 Å². The minimum atomic E-state index is -0.876. The van der Waals surface area contributed by atoms with E-state index in [1.54, 1.807) is 13.0 Å². The largest absolute Gasteiger partial charge is 0.448 e. The molecule has 1 unspecified atom stereocenters. The molecule has 0 spiro atoms. The number of amides is 1. The highest BCUT2D eigenvalue weighted by atomic mass is 32.1. The zero-order chi connectivity index (χ0) is 18.0. The summed E-state index contributed by atoms with van der Waals surface area (Å²) in [5.41, 5.74) is 2.82. The molecule has 0 bridgehead atoms. The Kier molecular flexibility index (Phi) is 4.86. The van der Waals surface area contributed by atoms with Crippen molar-refractivity contribution in [2.75, 3.05) is 5.32 Å². The van der Waals surface area contributed by atoms with Gasteiger partial charge in [-0.3, -0.25) is 4.79 Å². The monoisotopic (exact) mass is 353 g/mol. The van der Waals surface area contributed by atoms with Crippen molar-refractivity contribution in [1.29, 1.82) is 0 Å². The van der Waals surface area contributed by atoms with Gasteiger partial charge in [0.25, 0.3) is 5.91 Å². The van der Waals surface area contributed by atoms with Crippen molar-refractivity contribution < 1.29 is 14.3 Å². The van der Waals surface area contributed by atoms with Crippen LogP contribution in [-0.4, -0.2) is 18.0 Å². The highest BCUT2D eigenvalue weighted by molar-refractivity contribution is 7.20. The molecular formula is C20H19NO3S. The fraction of sp³-hybridized carbons (Fsp3) is 0.200. The van der Waals surface area contributed by atoms with Crippen molar-refractivity contribution in [3.8, 4) is 0 Å². The molecule has 0 saturated carbocycles. The van der Waals surface area contributed by atoms with Crippen molar-refractivity contribution in [3.05, 3.63) is 64.5 Å². The Morgan fingerprint density at radius 1 is 1.08 bits per heavy atom. The van der Waals surface area contributed by atoms with Crippen molar-refractivity contribution in [2.45, 2.75) is 26.9 Å². The predicted octanol–water partition coefficient (Wildman–Crippen LogP) is 4.70. The summed E-state index contributed by atoms with van der Waals surface area (Å²) < 4.78 is 6.34. The first-order valence-corrected chi connectivity index (χ1v) is 8.83. The van der Waals surface area contributed by atoms with Gasteiger partial charge in [0.1, 0.15) is 4.88 Å². The number of esters is 1. The third-order valence-corrected chi connectivity index (χ3v) is 5.02. The lowest BCUT2D eigenvalue weighted by Crippen LogP contribution is -2.30. The molecule has 25 heavy (non-hydrogen) atoms. The standard InChI is InChI=1S/C20H19NO3S/c1-12-8-9-16(13(2)10-12)21-19(22)14(3)24-20(23)18-11-15-6-4-5-7-17(15)25-18/h4-11,14H,1-3H3,(H,21,22). The second-order valence-electron chi connectivity index (χ2n) is 6.00. The summed E-state index contributed by atoms with van der Waals surface area (Å²) in [5, 5.41) is 3.80. The number of thiophene rings is 1. The molecule has 1 N–H and O–H groups in total. The number of carbonyl (C=O) groups excluding carboxylic acids is 2. The van der Waals surface area contributed by atoms with Crippen LogP contribution >= 0.6 is 11.3 Å². The maximum Gasteiger partial charge on any atom is 0.349 e. The molecule has 1 heterocycles. The molecule has 0 saturated heterocycles. The molecule has 3 aromatic rings. The van der Waals surface area contributed by atoms with E-state index in [1.165, 1.54) is 11.3 Å². The SMILES string of the molecule is Cc1ccc(NC(=O)C(C)OC(=O)c2cc3ccccc3s2)c(C)c1. The Labute approximate surface area is 150 Å². The lowest BCUT2D eigenvalue weighted by atomic mass is 10.1. The molecule has 0 aliphatic carbocycles.